The molecule has 4 aliphatic carbocycles. The lowest BCUT2D eigenvalue weighted by Crippen LogP contribution is -2.22. The molecule has 2 saturated carbocycles. The highest BCUT2D eigenvalue weighted by molar-refractivity contribution is 5.79. The van der Waals surface area contributed by atoms with Gasteiger partial charge in [0.1, 0.15) is 5.58 Å². The van der Waals surface area contributed by atoms with E-state index in [2.05, 4.69) is 0 Å². The second kappa shape index (κ2) is 4.28. The molecule has 4 atom stereocenters. The van der Waals surface area contributed by atoms with Crippen LogP contribution in [0.5, 0.6) is 11.8 Å². The van der Waals surface area contributed by atoms with Gasteiger partial charge in [0.25, 0.3) is 0 Å². The summed E-state index contributed by atoms with van der Waals surface area (Å²) >= 11 is 0. The molecule has 0 aliphatic heterocycles. The molecule has 0 radical (unpaired) electrons. The first-order chi connectivity index (χ1) is 12.1. The van der Waals surface area contributed by atoms with Crippen molar-refractivity contribution in [2.75, 3.05) is 0 Å². The molecule has 0 unspecified atom stereocenters. The maximum atomic E-state index is 11.3. The van der Waals surface area contributed by atoms with Crippen molar-refractivity contribution in [3.05, 3.63) is 51.9 Å². The first-order valence-electron chi connectivity index (χ1n) is 8.84. The fourth-order valence-electron chi connectivity index (χ4n) is 5.42. The minimum absolute atomic E-state index is 0.171. The fourth-order valence-corrected chi connectivity index (χ4v) is 5.42. The van der Waals surface area contributed by atoms with Crippen LogP contribution in [-0.2, 0) is 0 Å². The minimum atomic E-state index is -0.391. The van der Waals surface area contributed by atoms with Crippen LogP contribution in [0.25, 0.3) is 16.7 Å². The van der Waals surface area contributed by atoms with Crippen molar-refractivity contribution < 1.29 is 14.6 Å². The predicted molar refractivity (Wildman–Crippen MR) is 91.5 cm³/mol. The first kappa shape index (κ1) is 13.6. The molecule has 2 aromatic heterocycles. The summed E-state index contributed by atoms with van der Waals surface area (Å²) in [6.45, 7) is 0. The van der Waals surface area contributed by atoms with Crippen LogP contribution < -0.4 is 5.63 Å². The van der Waals surface area contributed by atoms with Crippen molar-refractivity contribution in [3.63, 3.8) is 0 Å². The average molecular weight is 335 g/mol. The van der Waals surface area contributed by atoms with Gasteiger partial charge in [0.05, 0.1) is 5.69 Å². The Labute approximate surface area is 143 Å². The van der Waals surface area contributed by atoms with E-state index in [0.717, 1.165) is 29.4 Å². The smallest absolute Gasteiger partial charge is 0.336 e. The molecular formula is C20H17NO4. The lowest BCUT2D eigenvalue weighted by Gasteiger charge is -2.35. The molecule has 5 heteroatoms. The molecule has 2 heterocycles. The van der Waals surface area contributed by atoms with Crippen LogP contribution in [0.2, 0.25) is 0 Å². The highest BCUT2D eigenvalue weighted by Crippen LogP contribution is 2.70. The van der Waals surface area contributed by atoms with Crippen molar-refractivity contribution in [2.45, 2.75) is 31.1 Å². The SMILES string of the molecule is O=c1ccc2cc(-n3c(O)c4c(c3O)[C@@H]3CC[C@H]4[C@H]4C[C@H]43)ccc2o1. The molecule has 7 rings (SSSR count). The standard InChI is InChI=1S/C20H17NO4/c22-16-6-1-9-7-10(2-5-15(9)25-16)21-19(23)17-11-3-4-12(14-8-13(11)14)18(17)20(21)24/h1-2,5-7,11-14,23-24H,3-4,8H2/t11-,12+,13+,14-. The zero-order chi connectivity index (χ0) is 16.9. The van der Waals surface area contributed by atoms with Crippen LogP contribution in [-0.4, -0.2) is 14.8 Å². The van der Waals surface area contributed by atoms with Crippen LogP contribution in [0, 0.1) is 11.8 Å². The molecule has 0 amide bonds. The van der Waals surface area contributed by atoms with E-state index < -0.39 is 5.63 Å². The molecule has 0 saturated heterocycles. The molecule has 2 fully saturated rings. The van der Waals surface area contributed by atoms with E-state index in [9.17, 15) is 15.0 Å². The van der Waals surface area contributed by atoms with Gasteiger partial charge in [-0.2, -0.15) is 0 Å². The van der Waals surface area contributed by atoms with Gasteiger partial charge in [-0.25, -0.2) is 4.79 Å². The van der Waals surface area contributed by atoms with Crippen molar-refractivity contribution in [2.24, 2.45) is 11.8 Å². The number of benzene rings is 1. The lowest BCUT2D eigenvalue weighted by molar-refractivity contribution is 0.322. The number of hydrogen-bond acceptors (Lipinski definition) is 4. The van der Waals surface area contributed by atoms with Gasteiger partial charge in [0.15, 0.2) is 0 Å². The normalized spacial score (nSPS) is 28.8. The molecular weight excluding hydrogens is 318 g/mol. The summed E-state index contributed by atoms with van der Waals surface area (Å²) in [5, 5.41) is 22.6. The maximum absolute atomic E-state index is 11.3. The van der Waals surface area contributed by atoms with Crippen molar-refractivity contribution in [3.8, 4) is 17.4 Å². The van der Waals surface area contributed by atoms with Gasteiger partial charge in [-0.3, -0.25) is 4.57 Å². The number of hydrogen-bond donors (Lipinski definition) is 2. The van der Waals surface area contributed by atoms with E-state index in [1.165, 1.54) is 12.5 Å². The molecule has 4 aliphatic rings. The molecule has 25 heavy (non-hydrogen) atoms. The zero-order valence-corrected chi connectivity index (χ0v) is 13.5. The molecule has 5 nitrogen and oxygen atoms in total. The van der Waals surface area contributed by atoms with E-state index in [4.69, 9.17) is 4.42 Å². The predicted octanol–water partition coefficient (Wildman–Crippen LogP) is 3.61. The molecule has 3 aromatic rings. The van der Waals surface area contributed by atoms with Crippen molar-refractivity contribution >= 4 is 11.0 Å². The third-order valence-electron chi connectivity index (χ3n) is 6.51. The topological polar surface area (TPSA) is 75.6 Å². The number of aromatic hydroxyl groups is 2. The summed E-state index contributed by atoms with van der Waals surface area (Å²) in [6.07, 6.45) is 3.45. The Bertz CT molecular complexity index is 1070. The zero-order valence-electron chi connectivity index (χ0n) is 13.5. The van der Waals surface area contributed by atoms with Gasteiger partial charge in [0, 0.05) is 22.6 Å². The van der Waals surface area contributed by atoms with E-state index >= 15 is 0 Å². The second-order valence-corrected chi connectivity index (χ2v) is 7.64. The van der Waals surface area contributed by atoms with E-state index in [-0.39, 0.29) is 11.8 Å². The van der Waals surface area contributed by atoms with Crippen molar-refractivity contribution in [1.29, 1.82) is 0 Å². The number of fused-ring (bicyclic) bond motifs is 2. The first-order valence-corrected chi connectivity index (χ1v) is 8.84. The van der Waals surface area contributed by atoms with Gasteiger partial charge < -0.3 is 14.6 Å². The van der Waals surface area contributed by atoms with Crippen LogP contribution in [0.15, 0.2) is 39.5 Å². The largest absolute Gasteiger partial charge is 0.494 e. The second-order valence-electron chi connectivity index (χ2n) is 7.64. The molecule has 2 bridgehead atoms. The van der Waals surface area contributed by atoms with E-state index in [0.29, 0.717) is 34.9 Å². The van der Waals surface area contributed by atoms with Gasteiger partial charge in [0.2, 0.25) is 11.8 Å². The van der Waals surface area contributed by atoms with Gasteiger partial charge in [-0.1, -0.05) is 0 Å². The third kappa shape index (κ3) is 1.61. The molecule has 1 aromatic carbocycles. The minimum Gasteiger partial charge on any atom is -0.494 e. The summed E-state index contributed by atoms with van der Waals surface area (Å²) in [4.78, 5) is 11.3. The summed E-state index contributed by atoms with van der Waals surface area (Å²) in [7, 11) is 0. The Hall–Kier alpha value is -2.69. The van der Waals surface area contributed by atoms with Gasteiger partial charge in [-0.05, 0) is 67.2 Å². The summed E-state index contributed by atoms with van der Waals surface area (Å²) < 4.78 is 6.72. The molecule has 126 valence electrons. The van der Waals surface area contributed by atoms with Crippen LogP contribution in [0.1, 0.15) is 42.2 Å². The third-order valence-corrected chi connectivity index (χ3v) is 6.51. The Balaban J connectivity index is 1.58. The molecule has 0 spiro atoms. The van der Waals surface area contributed by atoms with Crippen LogP contribution in [0.4, 0.5) is 0 Å². The van der Waals surface area contributed by atoms with Crippen LogP contribution in [0.3, 0.4) is 0 Å². The van der Waals surface area contributed by atoms with E-state index in [1.807, 2.05) is 6.07 Å². The summed E-state index contributed by atoms with van der Waals surface area (Å²) in [5.41, 5.74) is 2.71. The Morgan fingerprint density at radius 3 is 2.32 bits per heavy atom. The Kier molecular flexibility index (Phi) is 2.33. The van der Waals surface area contributed by atoms with Crippen molar-refractivity contribution in [1.82, 2.24) is 4.57 Å². The summed E-state index contributed by atoms with van der Waals surface area (Å²) in [5.74, 6) is 2.50. The monoisotopic (exact) mass is 335 g/mol. The van der Waals surface area contributed by atoms with Crippen LogP contribution >= 0.6 is 0 Å². The van der Waals surface area contributed by atoms with Gasteiger partial charge in [-0.15, -0.1) is 0 Å². The average Bonchev–Trinajstić information content (AvgIpc) is 3.39. The quantitative estimate of drug-likeness (QED) is 0.666. The number of nitrogens with zero attached hydrogens (tertiary/aromatic N) is 1. The summed E-state index contributed by atoms with van der Waals surface area (Å²) in [6, 6.07) is 8.36. The highest BCUT2D eigenvalue weighted by Gasteiger charge is 2.58. The van der Waals surface area contributed by atoms with Gasteiger partial charge >= 0.3 is 5.63 Å². The highest BCUT2D eigenvalue weighted by atomic mass is 16.4. The maximum Gasteiger partial charge on any atom is 0.336 e. The Morgan fingerprint density at radius 2 is 1.64 bits per heavy atom. The lowest BCUT2D eigenvalue weighted by atomic mass is 9.68. The number of aromatic nitrogens is 1. The number of rotatable bonds is 1. The Morgan fingerprint density at radius 1 is 0.960 bits per heavy atom. The molecule has 2 N–H and O–H groups in total. The fraction of sp³-hybridized carbons (Fsp3) is 0.350. The van der Waals surface area contributed by atoms with E-state index in [1.54, 1.807) is 22.8 Å².